The van der Waals surface area contributed by atoms with Crippen molar-refractivity contribution in [3.05, 3.63) is 96.7 Å². The van der Waals surface area contributed by atoms with Crippen LogP contribution in [0.3, 0.4) is 0 Å². The number of carbonyl (C=O) groups is 1. The Morgan fingerprint density at radius 1 is 1.17 bits per heavy atom. The summed E-state index contributed by atoms with van der Waals surface area (Å²) < 4.78 is 15.3. The van der Waals surface area contributed by atoms with Crippen molar-refractivity contribution in [1.29, 1.82) is 5.26 Å². The van der Waals surface area contributed by atoms with E-state index in [1.165, 1.54) is 18.5 Å². The highest BCUT2D eigenvalue weighted by atomic mass is 19.1. The van der Waals surface area contributed by atoms with E-state index < -0.39 is 5.91 Å². The van der Waals surface area contributed by atoms with E-state index in [1.54, 1.807) is 24.4 Å². The average Bonchev–Trinajstić information content (AvgIpc) is 3.25. The molecule has 1 amide bonds. The van der Waals surface area contributed by atoms with Gasteiger partial charge in [-0.05, 0) is 54.1 Å². The summed E-state index contributed by atoms with van der Waals surface area (Å²) in [5.41, 5.74) is 3.68. The molecule has 2 heterocycles. The molecule has 0 aliphatic carbocycles. The number of hydrogen-bond acceptors (Lipinski definition) is 6. The molecule has 0 radical (unpaired) electrons. The van der Waals surface area contributed by atoms with Crippen LogP contribution in [0.1, 0.15) is 11.1 Å². The van der Waals surface area contributed by atoms with Gasteiger partial charge in [-0.1, -0.05) is 18.7 Å². The highest BCUT2D eigenvalue weighted by Crippen LogP contribution is 2.29. The monoisotopic (exact) mass is 463 g/mol. The van der Waals surface area contributed by atoms with Crippen molar-refractivity contribution in [1.82, 2.24) is 19.7 Å². The number of nitrogens with zero attached hydrogens (tertiary/aromatic N) is 5. The number of fused-ring (bicyclic) bond motifs is 2. The van der Waals surface area contributed by atoms with Gasteiger partial charge in [0.2, 0.25) is 5.91 Å². The van der Waals surface area contributed by atoms with Crippen molar-refractivity contribution in [2.75, 3.05) is 10.6 Å². The van der Waals surface area contributed by atoms with E-state index in [0.717, 1.165) is 28.2 Å². The molecule has 8 nitrogen and oxygen atoms in total. The number of hydrogen-bond donors (Lipinski definition) is 2. The summed E-state index contributed by atoms with van der Waals surface area (Å²) in [7, 11) is 0. The summed E-state index contributed by atoms with van der Waals surface area (Å²) in [6, 6.07) is 17.5. The lowest BCUT2D eigenvalue weighted by molar-refractivity contribution is -0.111. The van der Waals surface area contributed by atoms with E-state index in [4.69, 9.17) is 0 Å². The van der Waals surface area contributed by atoms with Crippen LogP contribution in [0.2, 0.25) is 0 Å². The lowest BCUT2D eigenvalue weighted by Gasteiger charge is -2.11. The molecule has 3 aromatic carbocycles. The molecule has 0 aliphatic rings. The molecular weight excluding hydrogens is 445 g/mol. The van der Waals surface area contributed by atoms with Crippen LogP contribution < -0.4 is 10.6 Å². The van der Waals surface area contributed by atoms with Crippen LogP contribution in [0.15, 0.2) is 79.8 Å². The number of nitrogens with one attached hydrogen (secondary N) is 2. The van der Waals surface area contributed by atoms with Crippen LogP contribution in [0, 0.1) is 17.1 Å². The Kier molecular flexibility index (Phi) is 5.61. The first kappa shape index (κ1) is 21.7. The molecule has 0 saturated carbocycles. The quantitative estimate of drug-likeness (QED) is 0.347. The van der Waals surface area contributed by atoms with Crippen molar-refractivity contribution in [2.45, 2.75) is 6.54 Å². The Hall–Kier alpha value is -5.10. The molecule has 9 heteroatoms. The third kappa shape index (κ3) is 4.41. The number of halogens is 1. The molecule has 0 aliphatic heterocycles. The zero-order chi connectivity index (χ0) is 24.4. The molecule has 0 spiro atoms. The van der Waals surface area contributed by atoms with Gasteiger partial charge in [0.05, 0.1) is 35.0 Å². The molecule has 0 unspecified atom stereocenters. The van der Waals surface area contributed by atoms with Gasteiger partial charge in [0.25, 0.3) is 0 Å². The average molecular weight is 463 g/mol. The SMILES string of the molecule is C=CC(=O)Nc1cc2ncnc(Nc3ccc4c(cnn4Cc4cccc(F)c4)c3)c2cc1C#N. The molecule has 5 rings (SSSR count). The summed E-state index contributed by atoms with van der Waals surface area (Å²) in [5, 5.41) is 21.4. The Balaban J connectivity index is 1.46. The number of benzene rings is 3. The highest BCUT2D eigenvalue weighted by molar-refractivity contribution is 6.03. The van der Waals surface area contributed by atoms with Gasteiger partial charge in [-0.3, -0.25) is 9.48 Å². The number of carbonyl (C=O) groups excluding carboxylic acids is 1. The number of rotatable bonds is 6. The lowest BCUT2D eigenvalue weighted by atomic mass is 10.1. The fourth-order valence-corrected chi connectivity index (χ4v) is 3.82. The van der Waals surface area contributed by atoms with E-state index in [0.29, 0.717) is 29.0 Å². The largest absolute Gasteiger partial charge is 0.340 e. The first-order valence-corrected chi connectivity index (χ1v) is 10.6. The van der Waals surface area contributed by atoms with E-state index in [9.17, 15) is 14.4 Å². The summed E-state index contributed by atoms with van der Waals surface area (Å²) in [5.74, 6) is -0.184. The minimum Gasteiger partial charge on any atom is -0.340 e. The summed E-state index contributed by atoms with van der Waals surface area (Å²) in [6.45, 7) is 3.88. The second-order valence-electron chi connectivity index (χ2n) is 7.77. The number of aromatic nitrogens is 4. The Bertz CT molecular complexity index is 1650. The minimum absolute atomic E-state index is 0.277. The lowest BCUT2D eigenvalue weighted by Crippen LogP contribution is -2.09. The Labute approximate surface area is 199 Å². The second kappa shape index (κ2) is 9.03. The smallest absolute Gasteiger partial charge is 0.247 e. The maximum atomic E-state index is 13.5. The molecular formula is C26H18FN7O. The van der Waals surface area contributed by atoms with Gasteiger partial charge in [-0.25, -0.2) is 14.4 Å². The van der Waals surface area contributed by atoms with Crippen molar-refractivity contribution in [3.63, 3.8) is 0 Å². The van der Waals surface area contributed by atoms with E-state index in [1.807, 2.05) is 28.9 Å². The predicted molar refractivity (Wildman–Crippen MR) is 132 cm³/mol. The third-order valence-electron chi connectivity index (χ3n) is 5.46. The van der Waals surface area contributed by atoms with Crippen LogP contribution in [-0.2, 0) is 11.3 Å². The summed E-state index contributed by atoms with van der Waals surface area (Å²) in [4.78, 5) is 20.3. The first-order chi connectivity index (χ1) is 17.0. The molecule has 0 fully saturated rings. The molecule has 2 aromatic heterocycles. The minimum atomic E-state index is -0.417. The van der Waals surface area contributed by atoms with Crippen LogP contribution in [0.5, 0.6) is 0 Å². The van der Waals surface area contributed by atoms with Crippen LogP contribution in [0.25, 0.3) is 21.8 Å². The van der Waals surface area contributed by atoms with Gasteiger partial charge < -0.3 is 10.6 Å². The first-order valence-electron chi connectivity index (χ1n) is 10.6. The fraction of sp³-hybridized carbons (Fsp3) is 0.0385. The molecule has 2 N–H and O–H groups in total. The van der Waals surface area contributed by atoms with Crippen molar-refractivity contribution >= 4 is 44.9 Å². The maximum absolute atomic E-state index is 13.5. The molecule has 170 valence electrons. The Morgan fingerprint density at radius 2 is 2.06 bits per heavy atom. The van der Waals surface area contributed by atoms with E-state index in [2.05, 4.69) is 38.3 Å². The molecule has 35 heavy (non-hydrogen) atoms. The second-order valence-corrected chi connectivity index (χ2v) is 7.77. The van der Waals surface area contributed by atoms with E-state index in [-0.39, 0.29) is 11.4 Å². The molecule has 5 aromatic rings. The molecule has 0 atom stereocenters. The predicted octanol–water partition coefficient (Wildman–Crippen LogP) is 4.91. The fourth-order valence-electron chi connectivity index (χ4n) is 3.82. The third-order valence-corrected chi connectivity index (χ3v) is 5.46. The van der Waals surface area contributed by atoms with Gasteiger partial charge in [0, 0.05) is 16.5 Å². The highest BCUT2D eigenvalue weighted by Gasteiger charge is 2.12. The van der Waals surface area contributed by atoms with Crippen molar-refractivity contribution < 1.29 is 9.18 Å². The van der Waals surface area contributed by atoms with Gasteiger partial charge in [-0.15, -0.1) is 0 Å². The zero-order valence-corrected chi connectivity index (χ0v) is 18.4. The van der Waals surface area contributed by atoms with Crippen molar-refractivity contribution in [3.8, 4) is 6.07 Å². The van der Waals surface area contributed by atoms with E-state index >= 15 is 0 Å². The number of anilines is 3. The molecule has 0 saturated heterocycles. The van der Waals surface area contributed by atoms with Crippen LogP contribution in [0.4, 0.5) is 21.6 Å². The maximum Gasteiger partial charge on any atom is 0.247 e. The standard InChI is InChI=1S/C26H18FN7O/c1-2-25(35)33-22-11-23-21(10-17(22)12-28)26(30-15-29-23)32-20-6-7-24-18(9-20)13-31-34(24)14-16-4-3-5-19(27)8-16/h2-11,13,15H,1,14H2,(H,33,35)(H,29,30,32). The number of amides is 1. The Morgan fingerprint density at radius 3 is 2.86 bits per heavy atom. The zero-order valence-electron chi connectivity index (χ0n) is 18.4. The van der Waals surface area contributed by atoms with Crippen molar-refractivity contribution in [2.24, 2.45) is 0 Å². The van der Waals surface area contributed by atoms with Gasteiger partial charge in [0.15, 0.2) is 0 Å². The van der Waals surface area contributed by atoms with Gasteiger partial charge >= 0.3 is 0 Å². The van der Waals surface area contributed by atoms with Gasteiger partial charge in [-0.2, -0.15) is 10.4 Å². The van der Waals surface area contributed by atoms with Crippen LogP contribution >= 0.6 is 0 Å². The number of nitriles is 1. The summed E-state index contributed by atoms with van der Waals surface area (Å²) in [6.07, 6.45) is 4.29. The molecule has 0 bridgehead atoms. The van der Waals surface area contributed by atoms with Gasteiger partial charge in [0.1, 0.15) is 24.0 Å². The van der Waals surface area contributed by atoms with Crippen LogP contribution in [-0.4, -0.2) is 25.7 Å². The topological polar surface area (TPSA) is 109 Å². The normalized spacial score (nSPS) is 10.7. The summed E-state index contributed by atoms with van der Waals surface area (Å²) >= 11 is 0.